The van der Waals surface area contributed by atoms with E-state index >= 15 is 0 Å². The number of rotatable bonds is 5. The highest BCUT2D eigenvalue weighted by atomic mass is 32.1. The molecular formula is C16H27N3O2S. The van der Waals surface area contributed by atoms with E-state index in [1.807, 2.05) is 31.2 Å². The van der Waals surface area contributed by atoms with Gasteiger partial charge in [0, 0.05) is 30.6 Å². The molecule has 0 aromatic carbocycles. The molecule has 1 aromatic rings. The highest BCUT2D eigenvalue weighted by molar-refractivity contribution is 7.07. The minimum atomic E-state index is -0.432. The number of carbonyl (C=O) groups excluding carboxylic acids is 1. The van der Waals surface area contributed by atoms with Gasteiger partial charge in [-0.15, -0.1) is 11.3 Å². The maximum absolute atomic E-state index is 12.3. The fourth-order valence-electron chi connectivity index (χ4n) is 2.74. The molecule has 1 fully saturated rings. The smallest absolute Gasteiger partial charge is 0.410 e. The van der Waals surface area contributed by atoms with Crippen molar-refractivity contribution < 1.29 is 9.53 Å². The lowest BCUT2D eigenvalue weighted by atomic mass is 10.1. The fraction of sp³-hybridized carbons (Fsp3) is 0.750. The zero-order valence-corrected chi connectivity index (χ0v) is 14.8. The Morgan fingerprint density at radius 3 is 3.00 bits per heavy atom. The van der Waals surface area contributed by atoms with E-state index in [2.05, 4.69) is 22.6 Å². The van der Waals surface area contributed by atoms with Crippen LogP contribution in [0.1, 0.15) is 52.7 Å². The van der Waals surface area contributed by atoms with Gasteiger partial charge in [-0.05, 0) is 47.0 Å². The van der Waals surface area contributed by atoms with Gasteiger partial charge >= 0.3 is 6.09 Å². The van der Waals surface area contributed by atoms with Crippen LogP contribution in [0.5, 0.6) is 0 Å². The molecule has 2 atom stereocenters. The first-order chi connectivity index (χ1) is 10.3. The molecule has 5 nitrogen and oxygen atoms in total. The van der Waals surface area contributed by atoms with Crippen LogP contribution in [0.25, 0.3) is 0 Å². The summed E-state index contributed by atoms with van der Waals surface area (Å²) in [5.41, 5.74) is 2.49. The molecule has 0 saturated carbocycles. The zero-order valence-electron chi connectivity index (χ0n) is 14.0. The van der Waals surface area contributed by atoms with Gasteiger partial charge in [-0.25, -0.2) is 9.78 Å². The summed E-state index contributed by atoms with van der Waals surface area (Å²) < 4.78 is 5.51. The van der Waals surface area contributed by atoms with Crippen LogP contribution in [0.3, 0.4) is 0 Å². The van der Waals surface area contributed by atoms with Crippen LogP contribution in [0.15, 0.2) is 10.9 Å². The van der Waals surface area contributed by atoms with Gasteiger partial charge in [-0.1, -0.05) is 0 Å². The molecule has 2 rings (SSSR count). The first-order valence-corrected chi connectivity index (χ1v) is 8.89. The summed E-state index contributed by atoms with van der Waals surface area (Å²) in [4.78, 5) is 18.4. The Balaban J connectivity index is 1.81. The summed E-state index contributed by atoms with van der Waals surface area (Å²) in [6, 6.07) is 0.613. The third kappa shape index (κ3) is 5.25. The second-order valence-corrected chi connectivity index (χ2v) is 7.69. The molecule has 1 saturated heterocycles. The number of amides is 1. The molecule has 0 bridgehead atoms. The predicted molar refractivity (Wildman–Crippen MR) is 89.0 cm³/mol. The maximum Gasteiger partial charge on any atom is 0.410 e. The third-order valence-electron chi connectivity index (χ3n) is 3.75. The lowest BCUT2D eigenvalue weighted by molar-refractivity contribution is 0.0214. The van der Waals surface area contributed by atoms with E-state index in [4.69, 9.17) is 4.74 Å². The van der Waals surface area contributed by atoms with Crippen LogP contribution >= 0.6 is 11.3 Å². The normalized spacial score (nSPS) is 20.2. The molecule has 1 aliphatic heterocycles. The van der Waals surface area contributed by atoms with Crippen LogP contribution < -0.4 is 5.32 Å². The molecule has 2 heterocycles. The number of carbonyl (C=O) groups is 1. The molecule has 1 N–H and O–H groups in total. The van der Waals surface area contributed by atoms with Gasteiger partial charge in [0.1, 0.15) is 5.60 Å². The topological polar surface area (TPSA) is 54.5 Å². The van der Waals surface area contributed by atoms with Crippen molar-refractivity contribution in [3.8, 4) is 0 Å². The summed E-state index contributed by atoms with van der Waals surface area (Å²) in [7, 11) is 0. The van der Waals surface area contributed by atoms with Crippen molar-refractivity contribution >= 4 is 17.4 Å². The van der Waals surface area contributed by atoms with Crippen molar-refractivity contribution in [2.24, 2.45) is 0 Å². The minimum absolute atomic E-state index is 0.179. The number of thiazole rings is 1. The number of nitrogens with zero attached hydrogens (tertiary/aromatic N) is 2. The summed E-state index contributed by atoms with van der Waals surface area (Å²) >= 11 is 1.61. The Hall–Kier alpha value is -1.14. The van der Waals surface area contributed by atoms with Crippen LogP contribution in [0.4, 0.5) is 4.79 Å². The second kappa shape index (κ2) is 7.42. The summed E-state index contributed by atoms with van der Waals surface area (Å²) in [6.07, 6.45) is 2.88. The minimum Gasteiger partial charge on any atom is -0.444 e. The fourth-order valence-corrected chi connectivity index (χ4v) is 3.30. The van der Waals surface area contributed by atoms with Crippen LogP contribution in [0, 0.1) is 0 Å². The molecule has 22 heavy (non-hydrogen) atoms. The van der Waals surface area contributed by atoms with E-state index in [1.54, 1.807) is 11.3 Å². The Morgan fingerprint density at radius 1 is 1.59 bits per heavy atom. The average Bonchev–Trinajstić information content (AvgIpc) is 3.05. The van der Waals surface area contributed by atoms with Crippen LogP contribution in [-0.4, -0.2) is 40.2 Å². The molecule has 6 heteroatoms. The van der Waals surface area contributed by atoms with E-state index < -0.39 is 5.60 Å². The predicted octanol–water partition coefficient (Wildman–Crippen LogP) is 3.41. The van der Waals surface area contributed by atoms with Crippen molar-refractivity contribution in [3.63, 3.8) is 0 Å². The van der Waals surface area contributed by atoms with Crippen molar-refractivity contribution in [2.45, 2.75) is 71.2 Å². The van der Waals surface area contributed by atoms with E-state index in [1.165, 1.54) is 0 Å². The maximum atomic E-state index is 12.3. The highest BCUT2D eigenvalue weighted by Gasteiger charge is 2.32. The van der Waals surface area contributed by atoms with Crippen molar-refractivity contribution in [3.05, 3.63) is 16.6 Å². The standard InChI is InChI=1S/C16H27N3O2S/c1-12(17-9-13-10-22-11-18-13)8-14-6-5-7-19(14)15(20)21-16(2,3)4/h10-12,14,17H,5-9H2,1-4H3. The Kier molecular flexibility index (Phi) is 5.81. The molecule has 0 aliphatic carbocycles. The van der Waals surface area contributed by atoms with Crippen molar-refractivity contribution in [1.82, 2.24) is 15.2 Å². The number of hydrogen-bond acceptors (Lipinski definition) is 5. The largest absolute Gasteiger partial charge is 0.444 e. The summed E-state index contributed by atoms with van der Waals surface area (Å²) in [5, 5.41) is 5.54. The molecule has 124 valence electrons. The monoisotopic (exact) mass is 325 g/mol. The van der Waals surface area contributed by atoms with E-state index in [9.17, 15) is 4.79 Å². The van der Waals surface area contributed by atoms with Gasteiger partial charge in [0.2, 0.25) is 0 Å². The Bertz CT molecular complexity index is 470. The van der Waals surface area contributed by atoms with Gasteiger partial charge < -0.3 is 15.0 Å². The first kappa shape index (κ1) is 17.2. The molecule has 1 amide bonds. The van der Waals surface area contributed by atoms with Gasteiger partial charge in [0.05, 0.1) is 11.2 Å². The van der Waals surface area contributed by atoms with Crippen molar-refractivity contribution in [2.75, 3.05) is 6.54 Å². The van der Waals surface area contributed by atoms with Crippen LogP contribution in [0.2, 0.25) is 0 Å². The SMILES string of the molecule is CC(CC1CCCN1C(=O)OC(C)(C)C)NCc1cscn1. The molecule has 1 aliphatic rings. The summed E-state index contributed by atoms with van der Waals surface area (Å²) in [5.74, 6) is 0. The Labute approximate surface area is 137 Å². The molecule has 0 radical (unpaired) electrons. The Morgan fingerprint density at radius 2 is 2.36 bits per heavy atom. The zero-order chi connectivity index (χ0) is 16.2. The number of nitrogens with one attached hydrogen (secondary N) is 1. The van der Waals surface area contributed by atoms with Gasteiger partial charge in [0.25, 0.3) is 0 Å². The second-order valence-electron chi connectivity index (χ2n) is 6.97. The van der Waals surface area contributed by atoms with E-state index in [0.717, 1.165) is 38.0 Å². The molecule has 2 unspecified atom stereocenters. The first-order valence-electron chi connectivity index (χ1n) is 7.95. The quantitative estimate of drug-likeness (QED) is 0.901. The lowest BCUT2D eigenvalue weighted by Crippen LogP contribution is -2.42. The van der Waals surface area contributed by atoms with Crippen LogP contribution in [-0.2, 0) is 11.3 Å². The van der Waals surface area contributed by atoms with E-state index in [-0.39, 0.29) is 12.1 Å². The van der Waals surface area contributed by atoms with Gasteiger partial charge in [-0.2, -0.15) is 0 Å². The molecular weight excluding hydrogens is 298 g/mol. The number of ether oxygens (including phenoxy) is 1. The van der Waals surface area contributed by atoms with Gasteiger partial charge in [-0.3, -0.25) is 0 Å². The summed E-state index contributed by atoms with van der Waals surface area (Å²) in [6.45, 7) is 9.48. The van der Waals surface area contributed by atoms with Gasteiger partial charge in [0.15, 0.2) is 0 Å². The van der Waals surface area contributed by atoms with Crippen molar-refractivity contribution in [1.29, 1.82) is 0 Å². The lowest BCUT2D eigenvalue weighted by Gasteiger charge is -2.30. The highest BCUT2D eigenvalue weighted by Crippen LogP contribution is 2.24. The third-order valence-corrected chi connectivity index (χ3v) is 4.38. The number of likely N-dealkylation sites (tertiary alicyclic amines) is 1. The number of hydrogen-bond donors (Lipinski definition) is 1. The molecule has 1 aromatic heterocycles. The van der Waals surface area contributed by atoms with E-state index in [0.29, 0.717) is 6.04 Å². The number of aromatic nitrogens is 1. The molecule has 0 spiro atoms. The average molecular weight is 325 g/mol.